The minimum atomic E-state index is -0.0787. The molecule has 0 saturated carbocycles. The maximum atomic E-state index is 8.99. The van der Waals surface area contributed by atoms with Crippen molar-refractivity contribution in [3.63, 3.8) is 0 Å². The third kappa shape index (κ3) is 5.11. The molecular weight excluding hydrogens is 364 g/mol. The van der Waals surface area contributed by atoms with E-state index in [1.54, 1.807) is 30.5 Å². The number of nitrogens with two attached hydrogens (primary N) is 1. The van der Waals surface area contributed by atoms with E-state index < -0.39 is 0 Å². The molecule has 142 valence electrons. The Morgan fingerprint density at radius 3 is 2.69 bits per heavy atom. The summed E-state index contributed by atoms with van der Waals surface area (Å²) in [6.07, 6.45) is 4.50. The Morgan fingerprint density at radius 2 is 1.93 bits per heavy atom. The van der Waals surface area contributed by atoms with Crippen LogP contribution in [-0.4, -0.2) is 29.0 Å². The number of pyridine rings is 1. The Bertz CT molecular complexity index is 1160. The Balaban J connectivity index is 1.64. The first-order valence-electron chi connectivity index (χ1n) is 8.72. The Morgan fingerprint density at radius 1 is 1.14 bits per heavy atom. The lowest BCUT2D eigenvalue weighted by molar-refractivity contribution is 0.379. The number of amidine groups is 2. The number of rotatable bonds is 6. The zero-order chi connectivity index (χ0) is 20.6. The van der Waals surface area contributed by atoms with Gasteiger partial charge in [-0.3, -0.25) is 10.4 Å². The number of fused-ring (bicyclic) bond motifs is 1. The van der Waals surface area contributed by atoms with Crippen LogP contribution in [0.5, 0.6) is 5.75 Å². The minimum absolute atomic E-state index is 0.00847. The van der Waals surface area contributed by atoms with Gasteiger partial charge in [-0.15, -0.1) is 0 Å². The number of nitrogens with one attached hydrogen (secondary N) is 2. The van der Waals surface area contributed by atoms with Crippen LogP contribution in [0.1, 0.15) is 11.1 Å². The maximum Gasteiger partial charge on any atom is 0.146 e. The molecule has 0 aliphatic rings. The molecule has 2 aromatic carbocycles. The molecule has 1 heterocycles. The summed E-state index contributed by atoms with van der Waals surface area (Å²) in [4.78, 5) is 8.21. The van der Waals surface area contributed by atoms with Gasteiger partial charge in [0.2, 0.25) is 0 Å². The second-order valence-corrected chi connectivity index (χ2v) is 6.04. The summed E-state index contributed by atoms with van der Waals surface area (Å²) in [7, 11) is 0. The Kier molecular flexibility index (Phi) is 6.08. The highest BCUT2D eigenvalue weighted by Gasteiger charge is 2.05. The van der Waals surface area contributed by atoms with Gasteiger partial charge in [0.25, 0.3) is 0 Å². The molecule has 0 aliphatic heterocycles. The SMILES string of the molecule is N#Cc1ccc2c(OCC(N)=NC(=N)/C=C\C(=N)c3ccccc3)ccnc2c1. The number of benzene rings is 2. The predicted molar refractivity (Wildman–Crippen MR) is 114 cm³/mol. The van der Waals surface area contributed by atoms with Crippen molar-refractivity contribution in [3.05, 3.63) is 84.1 Å². The summed E-state index contributed by atoms with van der Waals surface area (Å²) in [5.41, 5.74) is 8.06. The largest absolute Gasteiger partial charge is 0.485 e. The molecule has 4 N–H and O–H groups in total. The summed E-state index contributed by atoms with van der Waals surface area (Å²) >= 11 is 0. The average Bonchev–Trinajstić information content (AvgIpc) is 2.76. The van der Waals surface area contributed by atoms with Gasteiger partial charge < -0.3 is 15.9 Å². The van der Waals surface area contributed by atoms with E-state index in [4.69, 9.17) is 26.6 Å². The summed E-state index contributed by atoms with van der Waals surface area (Å²) in [5.74, 6) is 0.611. The molecule has 0 spiro atoms. The quantitative estimate of drug-likeness (QED) is 0.445. The first kappa shape index (κ1) is 19.5. The van der Waals surface area contributed by atoms with Crippen molar-refractivity contribution >= 4 is 28.3 Å². The molecule has 0 bridgehead atoms. The molecule has 0 radical (unpaired) electrons. The first-order chi connectivity index (χ1) is 14.1. The lowest BCUT2D eigenvalue weighted by Gasteiger charge is -2.08. The average molecular weight is 382 g/mol. The van der Waals surface area contributed by atoms with Gasteiger partial charge in [0, 0.05) is 11.6 Å². The van der Waals surface area contributed by atoms with Gasteiger partial charge in [-0.2, -0.15) is 5.26 Å². The summed E-state index contributed by atoms with van der Waals surface area (Å²) in [6, 6.07) is 18.1. The molecule has 0 fully saturated rings. The van der Waals surface area contributed by atoms with Crippen LogP contribution in [0.15, 0.2) is 77.9 Å². The fourth-order valence-corrected chi connectivity index (χ4v) is 2.57. The van der Waals surface area contributed by atoms with E-state index in [9.17, 15) is 0 Å². The Labute approximate surface area is 167 Å². The zero-order valence-corrected chi connectivity index (χ0v) is 15.5. The number of nitriles is 1. The van der Waals surface area contributed by atoms with Gasteiger partial charge in [-0.1, -0.05) is 30.3 Å². The van der Waals surface area contributed by atoms with E-state index in [0.717, 1.165) is 10.9 Å². The van der Waals surface area contributed by atoms with E-state index in [-0.39, 0.29) is 24.0 Å². The van der Waals surface area contributed by atoms with Crippen LogP contribution >= 0.6 is 0 Å². The molecule has 3 aromatic rings. The van der Waals surface area contributed by atoms with Crippen molar-refractivity contribution < 1.29 is 4.74 Å². The molecule has 0 unspecified atom stereocenters. The van der Waals surface area contributed by atoms with Gasteiger partial charge in [-0.05, 0) is 42.0 Å². The van der Waals surface area contributed by atoms with E-state index in [1.165, 1.54) is 12.2 Å². The first-order valence-corrected chi connectivity index (χ1v) is 8.72. The number of hydrogen-bond donors (Lipinski definition) is 3. The van der Waals surface area contributed by atoms with Crippen LogP contribution in [0.2, 0.25) is 0 Å². The second kappa shape index (κ2) is 9.06. The van der Waals surface area contributed by atoms with Crippen molar-refractivity contribution in [2.24, 2.45) is 10.7 Å². The number of aromatic nitrogens is 1. The van der Waals surface area contributed by atoms with E-state index >= 15 is 0 Å². The molecule has 0 saturated heterocycles. The number of allylic oxidation sites excluding steroid dienone is 1. The standard InChI is InChI=1S/C22H18N6O/c23-13-15-6-7-17-19(12-15)27-11-10-20(17)29-14-22(26)28-21(25)9-8-18(24)16-4-2-1-3-5-16/h1-12,24H,14H2,(H3,25,26,28)/b9-8-,24-18?. The normalized spacial score (nSPS) is 11.3. The molecular formula is C22H18N6O. The monoisotopic (exact) mass is 382 g/mol. The smallest absolute Gasteiger partial charge is 0.146 e. The highest BCUT2D eigenvalue weighted by atomic mass is 16.5. The number of ether oxygens (including phenoxy) is 1. The summed E-state index contributed by atoms with van der Waals surface area (Å²) in [6.45, 7) is -0.00847. The van der Waals surface area contributed by atoms with Gasteiger partial charge in [0.1, 0.15) is 24.0 Å². The number of hydrogen-bond acceptors (Lipinski definition) is 5. The number of aliphatic imine (C=N–C) groups is 1. The molecule has 0 aliphatic carbocycles. The zero-order valence-electron chi connectivity index (χ0n) is 15.5. The third-order valence-corrected chi connectivity index (χ3v) is 3.96. The van der Waals surface area contributed by atoms with Gasteiger partial charge in [0.05, 0.1) is 22.9 Å². The van der Waals surface area contributed by atoms with Crippen molar-refractivity contribution in [2.75, 3.05) is 6.61 Å². The summed E-state index contributed by atoms with van der Waals surface area (Å²) < 4.78 is 5.71. The van der Waals surface area contributed by atoms with Gasteiger partial charge in [0.15, 0.2) is 0 Å². The maximum absolute atomic E-state index is 8.99. The van der Waals surface area contributed by atoms with Crippen LogP contribution in [-0.2, 0) is 0 Å². The fraction of sp³-hybridized carbons (Fsp3) is 0.0455. The molecule has 0 amide bonds. The molecule has 3 rings (SSSR count). The lowest BCUT2D eigenvalue weighted by Crippen LogP contribution is -2.22. The van der Waals surface area contributed by atoms with Crippen molar-refractivity contribution in [3.8, 4) is 11.8 Å². The van der Waals surface area contributed by atoms with Gasteiger partial charge >= 0.3 is 0 Å². The highest BCUT2D eigenvalue weighted by molar-refractivity contribution is 6.11. The minimum Gasteiger partial charge on any atom is -0.485 e. The van der Waals surface area contributed by atoms with Crippen molar-refractivity contribution in [1.82, 2.24) is 4.98 Å². The van der Waals surface area contributed by atoms with Crippen LogP contribution in [0.25, 0.3) is 10.9 Å². The third-order valence-electron chi connectivity index (χ3n) is 3.96. The van der Waals surface area contributed by atoms with Crippen molar-refractivity contribution in [2.45, 2.75) is 0 Å². The molecule has 0 atom stereocenters. The predicted octanol–water partition coefficient (Wildman–Crippen LogP) is 3.44. The second-order valence-electron chi connectivity index (χ2n) is 6.04. The van der Waals surface area contributed by atoms with Crippen molar-refractivity contribution in [1.29, 1.82) is 16.1 Å². The van der Waals surface area contributed by atoms with E-state index in [0.29, 0.717) is 16.8 Å². The van der Waals surface area contributed by atoms with Crippen LogP contribution in [0.3, 0.4) is 0 Å². The highest BCUT2D eigenvalue weighted by Crippen LogP contribution is 2.24. The molecule has 29 heavy (non-hydrogen) atoms. The number of nitrogens with zero attached hydrogens (tertiary/aromatic N) is 3. The van der Waals surface area contributed by atoms with Crippen LogP contribution in [0, 0.1) is 22.1 Å². The van der Waals surface area contributed by atoms with Crippen LogP contribution < -0.4 is 10.5 Å². The molecule has 7 nitrogen and oxygen atoms in total. The van der Waals surface area contributed by atoms with E-state index in [2.05, 4.69) is 16.0 Å². The van der Waals surface area contributed by atoms with E-state index in [1.807, 2.05) is 30.3 Å². The molecule has 7 heteroatoms. The lowest BCUT2D eigenvalue weighted by atomic mass is 10.1. The summed E-state index contributed by atoms with van der Waals surface area (Å²) in [5, 5.41) is 25.6. The topological polar surface area (TPSA) is 132 Å². The van der Waals surface area contributed by atoms with Gasteiger partial charge in [-0.25, -0.2) is 4.99 Å². The fourth-order valence-electron chi connectivity index (χ4n) is 2.57. The molecule has 1 aromatic heterocycles. The Hall–Kier alpha value is -4.31. The van der Waals surface area contributed by atoms with Crippen LogP contribution in [0.4, 0.5) is 0 Å².